The Morgan fingerprint density at radius 2 is 1.71 bits per heavy atom. The van der Waals surface area contributed by atoms with E-state index in [9.17, 15) is 14.4 Å². The van der Waals surface area contributed by atoms with E-state index in [-0.39, 0.29) is 6.04 Å². The van der Waals surface area contributed by atoms with Gasteiger partial charge in [-0.25, -0.2) is 9.69 Å². The molecule has 0 radical (unpaired) electrons. The Bertz CT molecular complexity index is 920. The Morgan fingerprint density at radius 1 is 1.07 bits per heavy atom. The van der Waals surface area contributed by atoms with Gasteiger partial charge in [0, 0.05) is 5.71 Å². The van der Waals surface area contributed by atoms with Gasteiger partial charge in [0.15, 0.2) is 5.92 Å². The van der Waals surface area contributed by atoms with Gasteiger partial charge in [0.05, 0.1) is 11.7 Å². The Morgan fingerprint density at radius 3 is 2.32 bits per heavy atom. The molecule has 0 spiro atoms. The third-order valence-corrected chi connectivity index (χ3v) is 4.79. The van der Waals surface area contributed by atoms with E-state index in [0.717, 1.165) is 16.0 Å². The maximum Gasteiger partial charge on any atom is 0.335 e. The summed E-state index contributed by atoms with van der Waals surface area (Å²) in [5.74, 6) is -2.31. The van der Waals surface area contributed by atoms with E-state index in [1.54, 1.807) is 12.1 Å². The molecular formula is C22H23N3O3. The predicted molar refractivity (Wildman–Crippen MR) is 108 cm³/mol. The molecule has 1 fully saturated rings. The number of barbiturate groups is 1. The van der Waals surface area contributed by atoms with Crippen molar-refractivity contribution in [1.29, 1.82) is 0 Å². The molecule has 28 heavy (non-hydrogen) atoms. The van der Waals surface area contributed by atoms with Crippen LogP contribution < -0.4 is 10.2 Å². The maximum absolute atomic E-state index is 13.1. The van der Waals surface area contributed by atoms with Gasteiger partial charge in [-0.1, -0.05) is 55.0 Å². The first-order valence-electron chi connectivity index (χ1n) is 9.29. The highest BCUT2D eigenvalue weighted by Gasteiger charge is 2.43. The van der Waals surface area contributed by atoms with Crippen LogP contribution in [0.4, 0.5) is 10.5 Å². The molecule has 3 rings (SSSR count). The number of hydrogen-bond acceptors (Lipinski definition) is 4. The van der Waals surface area contributed by atoms with Crippen molar-refractivity contribution in [3.63, 3.8) is 0 Å². The van der Waals surface area contributed by atoms with Crippen molar-refractivity contribution in [3.05, 3.63) is 65.7 Å². The summed E-state index contributed by atoms with van der Waals surface area (Å²) in [5.41, 5.74) is 2.89. The highest BCUT2D eigenvalue weighted by atomic mass is 16.2. The Balaban J connectivity index is 1.95. The van der Waals surface area contributed by atoms with Gasteiger partial charge in [0.2, 0.25) is 5.91 Å². The molecule has 1 aliphatic rings. The summed E-state index contributed by atoms with van der Waals surface area (Å²) in [6.07, 6.45) is 0.428. The molecule has 1 saturated heterocycles. The van der Waals surface area contributed by atoms with E-state index in [1.807, 2.05) is 63.2 Å². The monoisotopic (exact) mass is 377 g/mol. The fraction of sp³-hybridized carbons (Fsp3) is 0.273. The lowest BCUT2D eigenvalue weighted by molar-refractivity contribution is -0.131. The second-order valence-electron chi connectivity index (χ2n) is 6.80. The molecule has 0 aliphatic carbocycles. The molecule has 1 unspecified atom stereocenters. The SMILES string of the molecule is CCC(=N[C@H](C)c1ccccc1)C1C(=O)NC(=O)N(c2ccc(C)cc2)C1=O. The zero-order valence-electron chi connectivity index (χ0n) is 16.2. The highest BCUT2D eigenvalue weighted by Crippen LogP contribution is 2.25. The van der Waals surface area contributed by atoms with Gasteiger partial charge in [-0.05, 0) is 38.0 Å². The average Bonchev–Trinajstić information content (AvgIpc) is 2.68. The minimum atomic E-state index is -1.12. The number of carbonyl (C=O) groups is 3. The number of amides is 4. The topological polar surface area (TPSA) is 78.8 Å². The molecule has 6 heteroatoms. The second-order valence-corrected chi connectivity index (χ2v) is 6.80. The molecule has 0 bridgehead atoms. The molecule has 4 amide bonds. The van der Waals surface area contributed by atoms with Crippen LogP contribution in [0.3, 0.4) is 0 Å². The van der Waals surface area contributed by atoms with Crippen LogP contribution in [0.5, 0.6) is 0 Å². The quantitative estimate of drug-likeness (QED) is 0.636. The van der Waals surface area contributed by atoms with Gasteiger partial charge < -0.3 is 0 Å². The molecule has 0 aromatic heterocycles. The summed E-state index contributed by atoms with van der Waals surface area (Å²) in [6.45, 7) is 5.68. The van der Waals surface area contributed by atoms with Crippen molar-refractivity contribution in [2.45, 2.75) is 33.2 Å². The van der Waals surface area contributed by atoms with Crippen LogP contribution in [0.25, 0.3) is 0 Å². The zero-order valence-corrected chi connectivity index (χ0v) is 16.2. The number of nitrogens with zero attached hydrogens (tertiary/aromatic N) is 2. The molecule has 2 aromatic carbocycles. The lowest BCUT2D eigenvalue weighted by Crippen LogP contribution is -2.60. The van der Waals surface area contributed by atoms with Crippen LogP contribution in [0.1, 0.15) is 37.4 Å². The Hall–Kier alpha value is -3.28. The smallest absolute Gasteiger partial charge is 0.285 e. The lowest BCUT2D eigenvalue weighted by Gasteiger charge is -2.31. The van der Waals surface area contributed by atoms with Crippen molar-refractivity contribution in [3.8, 4) is 0 Å². The van der Waals surface area contributed by atoms with Gasteiger partial charge in [-0.15, -0.1) is 0 Å². The van der Waals surface area contributed by atoms with Gasteiger partial charge in [0.1, 0.15) is 0 Å². The van der Waals surface area contributed by atoms with Crippen LogP contribution in [-0.2, 0) is 9.59 Å². The van der Waals surface area contributed by atoms with E-state index in [1.165, 1.54) is 0 Å². The second kappa shape index (κ2) is 8.17. The fourth-order valence-electron chi connectivity index (χ4n) is 3.23. The predicted octanol–water partition coefficient (Wildman–Crippen LogP) is 3.81. The lowest BCUT2D eigenvalue weighted by atomic mass is 9.95. The summed E-state index contributed by atoms with van der Waals surface area (Å²) in [4.78, 5) is 43.6. The molecule has 1 heterocycles. The number of urea groups is 1. The molecular weight excluding hydrogens is 354 g/mol. The van der Waals surface area contributed by atoms with Crippen molar-refractivity contribution < 1.29 is 14.4 Å². The van der Waals surface area contributed by atoms with Crippen LogP contribution in [0.15, 0.2) is 59.6 Å². The van der Waals surface area contributed by atoms with Crippen LogP contribution >= 0.6 is 0 Å². The van der Waals surface area contributed by atoms with Crippen molar-refractivity contribution in [2.75, 3.05) is 4.90 Å². The molecule has 1 aliphatic heterocycles. The van der Waals surface area contributed by atoms with Gasteiger partial charge in [-0.3, -0.25) is 19.9 Å². The first-order valence-corrected chi connectivity index (χ1v) is 9.29. The van der Waals surface area contributed by atoms with E-state index in [0.29, 0.717) is 17.8 Å². The summed E-state index contributed by atoms with van der Waals surface area (Å²) >= 11 is 0. The van der Waals surface area contributed by atoms with Crippen LogP contribution in [0.2, 0.25) is 0 Å². The number of aliphatic imine (C=N–C) groups is 1. The van der Waals surface area contributed by atoms with Gasteiger partial charge in [0.25, 0.3) is 5.91 Å². The molecule has 2 aromatic rings. The minimum absolute atomic E-state index is 0.206. The largest absolute Gasteiger partial charge is 0.335 e. The van der Waals surface area contributed by atoms with E-state index in [2.05, 4.69) is 10.3 Å². The summed E-state index contributed by atoms with van der Waals surface area (Å²) < 4.78 is 0. The summed E-state index contributed by atoms with van der Waals surface area (Å²) in [6, 6.07) is 15.7. The Labute approximate surface area is 164 Å². The third kappa shape index (κ3) is 3.86. The van der Waals surface area contributed by atoms with E-state index < -0.39 is 23.8 Å². The molecule has 6 nitrogen and oxygen atoms in total. The molecule has 1 N–H and O–H groups in total. The summed E-state index contributed by atoms with van der Waals surface area (Å²) in [7, 11) is 0. The number of anilines is 1. The zero-order chi connectivity index (χ0) is 20.3. The number of hydrogen-bond donors (Lipinski definition) is 1. The number of carbonyl (C=O) groups excluding carboxylic acids is 3. The third-order valence-electron chi connectivity index (χ3n) is 4.79. The van der Waals surface area contributed by atoms with Gasteiger partial charge >= 0.3 is 6.03 Å². The van der Waals surface area contributed by atoms with E-state index >= 15 is 0 Å². The van der Waals surface area contributed by atoms with Crippen molar-refractivity contribution in [1.82, 2.24) is 5.32 Å². The molecule has 144 valence electrons. The number of benzene rings is 2. The highest BCUT2D eigenvalue weighted by molar-refractivity contribution is 6.35. The maximum atomic E-state index is 13.1. The molecule has 0 saturated carbocycles. The van der Waals surface area contributed by atoms with E-state index in [4.69, 9.17) is 0 Å². The number of rotatable bonds is 5. The minimum Gasteiger partial charge on any atom is -0.285 e. The normalized spacial score (nSPS) is 18.8. The summed E-state index contributed by atoms with van der Waals surface area (Å²) in [5, 5.41) is 2.30. The fourth-order valence-corrected chi connectivity index (χ4v) is 3.23. The van der Waals surface area contributed by atoms with Gasteiger partial charge in [-0.2, -0.15) is 0 Å². The van der Waals surface area contributed by atoms with Crippen molar-refractivity contribution >= 4 is 29.2 Å². The van der Waals surface area contributed by atoms with Crippen molar-refractivity contribution in [2.24, 2.45) is 10.9 Å². The Kier molecular flexibility index (Phi) is 5.68. The first kappa shape index (κ1) is 19.5. The first-order chi connectivity index (χ1) is 13.4. The number of nitrogens with one attached hydrogen (secondary N) is 1. The molecule has 2 atom stereocenters. The number of aryl methyl sites for hydroxylation is 1. The van der Waals surface area contributed by atoms with Crippen LogP contribution in [0, 0.1) is 12.8 Å². The standard InChI is InChI=1S/C22H23N3O3/c1-4-18(23-15(3)16-8-6-5-7-9-16)19-20(26)24-22(28)25(21(19)27)17-12-10-14(2)11-13-17/h5-13,15,19H,4H2,1-3H3,(H,24,26,28)/t15-,19?/m1/s1. The number of imide groups is 2. The van der Waals surface area contributed by atoms with Crippen LogP contribution in [-0.4, -0.2) is 23.6 Å². The average molecular weight is 377 g/mol.